The van der Waals surface area contributed by atoms with Gasteiger partial charge in [-0.2, -0.15) is 5.10 Å². The van der Waals surface area contributed by atoms with Crippen molar-refractivity contribution in [3.63, 3.8) is 0 Å². The minimum atomic E-state index is -3.14. The van der Waals surface area contributed by atoms with E-state index in [-0.39, 0.29) is 4.90 Å². The first-order chi connectivity index (χ1) is 7.47. The topological polar surface area (TPSA) is 64.0 Å². The third-order valence-electron chi connectivity index (χ3n) is 2.43. The molecule has 1 unspecified atom stereocenters. The molecular weight excluding hydrogens is 226 g/mol. The molecule has 1 aromatic rings. The molecule has 0 fully saturated rings. The number of aromatic nitrogens is 2. The highest BCUT2D eigenvalue weighted by Crippen LogP contribution is 2.07. The number of sulfone groups is 1. The molecule has 1 aromatic heterocycles. The second-order valence-corrected chi connectivity index (χ2v) is 5.85. The lowest BCUT2D eigenvalue weighted by Gasteiger charge is -2.15. The van der Waals surface area contributed by atoms with E-state index in [1.54, 1.807) is 10.9 Å². The van der Waals surface area contributed by atoms with Gasteiger partial charge < -0.3 is 5.32 Å². The van der Waals surface area contributed by atoms with Crippen molar-refractivity contribution in [1.82, 2.24) is 15.1 Å². The van der Waals surface area contributed by atoms with Crippen LogP contribution in [0.15, 0.2) is 17.3 Å². The van der Waals surface area contributed by atoms with Crippen molar-refractivity contribution >= 4 is 9.84 Å². The zero-order chi connectivity index (χ0) is 12.2. The quantitative estimate of drug-likeness (QED) is 0.800. The fraction of sp³-hybridized carbons (Fsp3) is 0.700. The summed E-state index contributed by atoms with van der Waals surface area (Å²) in [5.74, 6) is 0. The highest BCUT2D eigenvalue weighted by molar-refractivity contribution is 7.90. The Morgan fingerprint density at radius 3 is 2.62 bits per heavy atom. The molecular formula is C10H19N3O2S. The van der Waals surface area contributed by atoms with Gasteiger partial charge in [0.15, 0.2) is 9.84 Å². The Morgan fingerprint density at radius 2 is 2.19 bits per heavy atom. The van der Waals surface area contributed by atoms with E-state index in [0.717, 1.165) is 13.0 Å². The van der Waals surface area contributed by atoms with Crippen LogP contribution in [0.3, 0.4) is 0 Å². The van der Waals surface area contributed by atoms with Crippen molar-refractivity contribution in [2.75, 3.05) is 12.8 Å². The lowest BCUT2D eigenvalue weighted by molar-refractivity contribution is 0.424. The summed E-state index contributed by atoms with van der Waals surface area (Å²) in [7, 11) is -3.14. The van der Waals surface area contributed by atoms with Gasteiger partial charge in [-0.15, -0.1) is 0 Å². The zero-order valence-electron chi connectivity index (χ0n) is 9.97. The monoisotopic (exact) mass is 245 g/mol. The molecule has 0 aliphatic heterocycles. The van der Waals surface area contributed by atoms with Crippen LogP contribution in [0.25, 0.3) is 0 Å². The van der Waals surface area contributed by atoms with E-state index in [0.29, 0.717) is 12.6 Å². The zero-order valence-corrected chi connectivity index (χ0v) is 10.8. The molecule has 0 aliphatic carbocycles. The maximum atomic E-state index is 11.3. The first kappa shape index (κ1) is 13.2. The number of likely N-dealkylation sites (N-methyl/N-ethyl adjacent to an activating group) is 1. The maximum absolute atomic E-state index is 11.3. The van der Waals surface area contributed by atoms with Gasteiger partial charge in [0, 0.05) is 18.5 Å². The second kappa shape index (κ2) is 5.45. The van der Waals surface area contributed by atoms with E-state index in [1.807, 2.05) is 6.92 Å². The van der Waals surface area contributed by atoms with Crippen molar-refractivity contribution in [1.29, 1.82) is 0 Å². The van der Waals surface area contributed by atoms with E-state index < -0.39 is 9.84 Å². The highest BCUT2D eigenvalue weighted by Gasteiger charge is 2.11. The summed E-state index contributed by atoms with van der Waals surface area (Å²) in [6, 6.07) is 0.331. The molecule has 0 bridgehead atoms. The Balaban J connectivity index is 2.71. The number of nitrogens with one attached hydrogen (secondary N) is 1. The summed E-state index contributed by atoms with van der Waals surface area (Å²) in [5, 5.41) is 7.37. The van der Waals surface area contributed by atoms with Crippen molar-refractivity contribution in [3.05, 3.63) is 12.4 Å². The maximum Gasteiger partial charge on any atom is 0.178 e. The molecule has 1 N–H and O–H groups in total. The van der Waals surface area contributed by atoms with E-state index in [2.05, 4.69) is 17.3 Å². The first-order valence-electron chi connectivity index (χ1n) is 5.43. The average Bonchev–Trinajstić information content (AvgIpc) is 2.65. The van der Waals surface area contributed by atoms with Gasteiger partial charge in [-0.3, -0.25) is 4.68 Å². The molecule has 0 saturated heterocycles. The molecule has 5 nitrogen and oxygen atoms in total. The van der Waals surface area contributed by atoms with Gasteiger partial charge in [0.1, 0.15) is 4.90 Å². The molecule has 0 radical (unpaired) electrons. The van der Waals surface area contributed by atoms with Crippen molar-refractivity contribution in [3.8, 4) is 0 Å². The van der Waals surface area contributed by atoms with E-state index in [9.17, 15) is 8.42 Å². The molecule has 0 spiro atoms. The van der Waals surface area contributed by atoms with E-state index in [4.69, 9.17) is 0 Å². The molecule has 1 heterocycles. The molecule has 1 atom stereocenters. The van der Waals surface area contributed by atoms with Crippen LogP contribution in [-0.2, 0) is 16.4 Å². The third kappa shape index (κ3) is 3.61. The fourth-order valence-corrected chi connectivity index (χ4v) is 2.04. The summed E-state index contributed by atoms with van der Waals surface area (Å²) >= 11 is 0. The van der Waals surface area contributed by atoms with Crippen LogP contribution in [0.5, 0.6) is 0 Å². The minimum absolute atomic E-state index is 0.277. The Labute approximate surface area is 96.8 Å². The largest absolute Gasteiger partial charge is 0.312 e. The third-order valence-corrected chi connectivity index (χ3v) is 3.50. The van der Waals surface area contributed by atoms with Crippen molar-refractivity contribution in [2.45, 2.75) is 37.8 Å². The molecule has 16 heavy (non-hydrogen) atoms. The fourth-order valence-electron chi connectivity index (χ4n) is 1.49. The summed E-state index contributed by atoms with van der Waals surface area (Å²) in [6.07, 6.45) is 5.15. The minimum Gasteiger partial charge on any atom is -0.312 e. The lowest BCUT2D eigenvalue weighted by Crippen LogP contribution is -2.32. The predicted molar refractivity (Wildman–Crippen MR) is 63.1 cm³/mol. The molecule has 1 rings (SSSR count). The summed E-state index contributed by atoms with van der Waals surface area (Å²) < 4.78 is 24.2. The Morgan fingerprint density at radius 1 is 1.50 bits per heavy atom. The predicted octanol–water partition coefficient (Wildman–Crippen LogP) is 0.675. The van der Waals surface area contributed by atoms with E-state index >= 15 is 0 Å². The number of hydrogen-bond acceptors (Lipinski definition) is 4. The Hall–Kier alpha value is -0.880. The van der Waals surface area contributed by atoms with Crippen molar-refractivity contribution < 1.29 is 8.42 Å². The van der Waals surface area contributed by atoms with Crippen LogP contribution in [0.2, 0.25) is 0 Å². The van der Waals surface area contributed by atoms with Crippen LogP contribution in [0, 0.1) is 0 Å². The molecule has 0 saturated carbocycles. The van der Waals surface area contributed by atoms with Gasteiger partial charge in [-0.25, -0.2) is 8.42 Å². The van der Waals surface area contributed by atoms with Gasteiger partial charge in [0.2, 0.25) is 0 Å². The average molecular weight is 245 g/mol. The van der Waals surface area contributed by atoms with Crippen molar-refractivity contribution in [2.24, 2.45) is 0 Å². The Bertz CT molecular complexity index is 425. The second-order valence-electron chi connectivity index (χ2n) is 3.83. The van der Waals surface area contributed by atoms with Gasteiger partial charge in [0.05, 0.1) is 12.7 Å². The normalized spacial score (nSPS) is 13.9. The SMILES string of the molecule is CCNC(CC)Cn1cc(S(C)(=O)=O)cn1. The van der Waals surface area contributed by atoms with Gasteiger partial charge in [0.25, 0.3) is 0 Å². The standard InChI is InChI=1S/C10H19N3O2S/c1-4-9(11-5-2)7-13-8-10(6-12-13)16(3,14)15/h6,8-9,11H,4-5,7H2,1-3H3. The van der Waals surface area contributed by atoms with Gasteiger partial charge >= 0.3 is 0 Å². The van der Waals surface area contributed by atoms with Gasteiger partial charge in [-0.1, -0.05) is 13.8 Å². The number of hydrogen-bond donors (Lipinski definition) is 1. The van der Waals surface area contributed by atoms with Crippen LogP contribution in [0.4, 0.5) is 0 Å². The number of nitrogens with zero attached hydrogens (tertiary/aromatic N) is 2. The van der Waals surface area contributed by atoms with E-state index in [1.165, 1.54) is 12.5 Å². The lowest BCUT2D eigenvalue weighted by atomic mass is 10.2. The molecule has 0 aliphatic rings. The summed E-state index contributed by atoms with van der Waals surface area (Å²) in [6.45, 7) is 5.74. The van der Waals surface area contributed by atoms with Crippen LogP contribution >= 0.6 is 0 Å². The van der Waals surface area contributed by atoms with Gasteiger partial charge in [-0.05, 0) is 13.0 Å². The smallest absolute Gasteiger partial charge is 0.178 e. The Kier molecular flexibility index (Phi) is 4.49. The van der Waals surface area contributed by atoms with Crippen LogP contribution in [0.1, 0.15) is 20.3 Å². The molecule has 0 amide bonds. The molecule has 92 valence electrons. The molecule has 6 heteroatoms. The first-order valence-corrected chi connectivity index (χ1v) is 7.32. The van der Waals surface area contributed by atoms with Crippen LogP contribution < -0.4 is 5.32 Å². The summed E-state index contributed by atoms with van der Waals surface area (Å²) in [5.41, 5.74) is 0. The number of rotatable bonds is 6. The highest BCUT2D eigenvalue weighted by atomic mass is 32.2. The molecule has 0 aromatic carbocycles. The van der Waals surface area contributed by atoms with Crippen LogP contribution in [-0.4, -0.2) is 37.0 Å². The summed E-state index contributed by atoms with van der Waals surface area (Å²) in [4.78, 5) is 0.277.